The van der Waals surface area contributed by atoms with E-state index in [1.165, 1.54) is 0 Å². The minimum atomic E-state index is -0.164. The van der Waals surface area contributed by atoms with Gasteiger partial charge in [0, 0.05) is 0 Å². The van der Waals surface area contributed by atoms with Crippen molar-refractivity contribution in [2.24, 2.45) is 0 Å². The SMILES string of the molecule is Cc1ccc([SH](C)C)cc1F. The Kier molecular flexibility index (Phi) is 2.55. The molecule has 0 nitrogen and oxygen atoms in total. The Bertz CT molecular complexity index is 256. The summed E-state index contributed by atoms with van der Waals surface area (Å²) in [5.74, 6) is -0.0845. The van der Waals surface area contributed by atoms with Crippen molar-refractivity contribution < 1.29 is 4.39 Å². The zero-order valence-corrected chi connectivity index (χ0v) is 7.95. The van der Waals surface area contributed by atoms with Gasteiger partial charge in [0.05, 0.1) is 0 Å². The standard InChI is InChI=1S/C9H13FS/c1-7-4-5-8(11(2)3)6-9(7)10/h4-6,11H,1-3H3. The first-order valence-electron chi connectivity index (χ1n) is 3.55. The number of hydrogen-bond acceptors (Lipinski definition) is 0. The molecule has 0 aliphatic carbocycles. The zero-order chi connectivity index (χ0) is 8.43. The van der Waals surface area contributed by atoms with Crippen molar-refractivity contribution in [3.63, 3.8) is 0 Å². The fraction of sp³-hybridized carbons (Fsp3) is 0.333. The van der Waals surface area contributed by atoms with E-state index in [1.807, 2.05) is 12.1 Å². The van der Waals surface area contributed by atoms with Crippen molar-refractivity contribution in [1.82, 2.24) is 0 Å². The van der Waals surface area contributed by atoms with Gasteiger partial charge in [-0.2, -0.15) is 0 Å². The quantitative estimate of drug-likeness (QED) is 0.619. The number of thiol groups is 1. The fourth-order valence-electron chi connectivity index (χ4n) is 0.860. The topological polar surface area (TPSA) is 0 Å². The molecule has 1 aromatic carbocycles. The molecule has 0 saturated carbocycles. The molecule has 0 unspecified atom stereocenters. The van der Waals surface area contributed by atoms with Gasteiger partial charge in [-0.1, -0.05) is 6.07 Å². The third-order valence-electron chi connectivity index (χ3n) is 1.67. The highest BCUT2D eigenvalue weighted by Gasteiger charge is 1.99. The van der Waals surface area contributed by atoms with Gasteiger partial charge in [0.15, 0.2) is 0 Å². The van der Waals surface area contributed by atoms with Gasteiger partial charge in [-0.15, -0.1) is 0 Å². The summed E-state index contributed by atoms with van der Waals surface area (Å²) in [5, 5.41) is 0. The van der Waals surface area contributed by atoms with Crippen LogP contribution in [0, 0.1) is 12.7 Å². The summed E-state index contributed by atoms with van der Waals surface area (Å²) in [5.41, 5.74) is 0.727. The van der Waals surface area contributed by atoms with E-state index in [0.29, 0.717) is 0 Å². The third-order valence-corrected chi connectivity index (χ3v) is 2.98. The van der Waals surface area contributed by atoms with Gasteiger partial charge in [0.25, 0.3) is 0 Å². The molecule has 0 bridgehead atoms. The second kappa shape index (κ2) is 3.26. The summed E-state index contributed by atoms with van der Waals surface area (Å²) in [7, 11) is -0.164. The summed E-state index contributed by atoms with van der Waals surface area (Å²) >= 11 is 0. The lowest BCUT2D eigenvalue weighted by molar-refractivity contribution is 0.615. The van der Waals surface area contributed by atoms with Crippen molar-refractivity contribution in [1.29, 1.82) is 0 Å². The Labute approximate surface area is 69.8 Å². The Morgan fingerprint density at radius 2 is 1.91 bits per heavy atom. The molecule has 0 amide bonds. The average Bonchev–Trinajstić information content (AvgIpc) is 1.94. The van der Waals surface area contributed by atoms with E-state index in [0.717, 1.165) is 10.5 Å². The summed E-state index contributed by atoms with van der Waals surface area (Å²) < 4.78 is 12.9. The largest absolute Gasteiger partial charge is 0.233 e. The van der Waals surface area contributed by atoms with Gasteiger partial charge < -0.3 is 0 Å². The van der Waals surface area contributed by atoms with Crippen molar-refractivity contribution >= 4 is 10.9 Å². The third kappa shape index (κ3) is 1.96. The maximum atomic E-state index is 12.9. The Morgan fingerprint density at radius 3 is 2.36 bits per heavy atom. The van der Waals surface area contributed by atoms with Gasteiger partial charge in [0.1, 0.15) is 5.82 Å². The zero-order valence-electron chi connectivity index (χ0n) is 7.06. The predicted octanol–water partition coefficient (Wildman–Crippen LogP) is 2.75. The summed E-state index contributed by atoms with van der Waals surface area (Å²) in [6.45, 7) is 1.78. The fourth-order valence-corrected chi connectivity index (χ4v) is 1.60. The first kappa shape index (κ1) is 8.60. The maximum Gasteiger partial charge on any atom is 0.127 e. The van der Waals surface area contributed by atoms with Crippen LogP contribution < -0.4 is 0 Å². The lowest BCUT2D eigenvalue weighted by Gasteiger charge is -2.09. The molecule has 1 rings (SSSR count). The Morgan fingerprint density at radius 1 is 1.27 bits per heavy atom. The molecule has 0 spiro atoms. The number of halogens is 1. The average molecular weight is 172 g/mol. The van der Waals surface area contributed by atoms with E-state index in [9.17, 15) is 4.39 Å². The number of rotatable bonds is 1. The molecule has 1 aromatic rings. The van der Waals surface area contributed by atoms with Crippen LogP contribution in [0.1, 0.15) is 5.56 Å². The highest BCUT2D eigenvalue weighted by atomic mass is 32.2. The van der Waals surface area contributed by atoms with Crippen LogP contribution in [-0.4, -0.2) is 12.5 Å². The van der Waals surface area contributed by atoms with E-state index in [-0.39, 0.29) is 16.7 Å². The van der Waals surface area contributed by atoms with E-state index in [2.05, 4.69) is 12.5 Å². The summed E-state index contributed by atoms with van der Waals surface area (Å²) in [4.78, 5) is 1.13. The lowest BCUT2D eigenvalue weighted by Crippen LogP contribution is -1.84. The molecular weight excluding hydrogens is 159 g/mol. The van der Waals surface area contributed by atoms with Crippen LogP contribution in [0.25, 0.3) is 0 Å². The molecule has 0 saturated heterocycles. The van der Waals surface area contributed by atoms with Crippen LogP contribution >= 0.6 is 10.9 Å². The molecule has 0 radical (unpaired) electrons. The maximum absolute atomic E-state index is 12.9. The number of benzene rings is 1. The molecule has 0 aromatic heterocycles. The van der Waals surface area contributed by atoms with Crippen LogP contribution in [0.5, 0.6) is 0 Å². The van der Waals surface area contributed by atoms with Gasteiger partial charge in [0.2, 0.25) is 0 Å². The molecule has 0 fully saturated rings. The van der Waals surface area contributed by atoms with Gasteiger partial charge in [-0.05, 0) is 42.0 Å². The summed E-state index contributed by atoms with van der Waals surface area (Å²) in [6, 6.07) is 5.48. The van der Waals surface area contributed by atoms with Gasteiger partial charge in [-0.3, -0.25) is 0 Å². The molecule has 62 valence electrons. The van der Waals surface area contributed by atoms with Crippen LogP contribution in [0.15, 0.2) is 23.1 Å². The molecular formula is C9H13FS. The minimum Gasteiger partial charge on any atom is -0.233 e. The molecule has 2 heteroatoms. The molecule has 0 atom stereocenters. The Hall–Kier alpha value is -0.500. The number of aryl methyl sites for hydroxylation is 1. The van der Waals surface area contributed by atoms with Crippen molar-refractivity contribution in [3.05, 3.63) is 29.6 Å². The van der Waals surface area contributed by atoms with E-state index in [1.54, 1.807) is 13.0 Å². The normalized spacial score (nSPS) is 11.5. The molecule has 11 heavy (non-hydrogen) atoms. The van der Waals surface area contributed by atoms with Crippen LogP contribution in [0.2, 0.25) is 0 Å². The first-order valence-corrected chi connectivity index (χ1v) is 5.78. The van der Waals surface area contributed by atoms with Crippen molar-refractivity contribution in [2.45, 2.75) is 11.8 Å². The highest BCUT2D eigenvalue weighted by Crippen LogP contribution is 2.28. The summed E-state index contributed by atoms with van der Waals surface area (Å²) in [6.07, 6.45) is 4.25. The molecule has 0 aliphatic rings. The van der Waals surface area contributed by atoms with Crippen molar-refractivity contribution in [3.8, 4) is 0 Å². The van der Waals surface area contributed by atoms with E-state index in [4.69, 9.17) is 0 Å². The second-order valence-electron chi connectivity index (χ2n) is 2.83. The number of hydrogen-bond donors (Lipinski definition) is 1. The minimum absolute atomic E-state index is 0.0845. The van der Waals surface area contributed by atoms with Crippen molar-refractivity contribution in [2.75, 3.05) is 12.5 Å². The monoisotopic (exact) mass is 172 g/mol. The van der Waals surface area contributed by atoms with Crippen LogP contribution in [0.3, 0.4) is 0 Å². The molecule has 0 aliphatic heterocycles. The van der Waals surface area contributed by atoms with Gasteiger partial charge in [-0.25, -0.2) is 15.3 Å². The Balaban J connectivity index is 3.05. The van der Waals surface area contributed by atoms with E-state index < -0.39 is 0 Å². The molecule has 0 N–H and O–H groups in total. The second-order valence-corrected chi connectivity index (χ2v) is 5.13. The predicted molar refractivity (Wildman–Crippen MR) is 50.2 cm³/mol. The lowest BCUT2D eigenvalue weighted by atomic mass is 10.2. The van der Waals surface area contributed by atoms with Crippen LogP contribution in [-0.2, 0) is 0 Å². The van der Waals surface area contributed by atoms with Gasteiger partial charge >= 0.3 is 0 Å². The van der Waals surface area contributed by atoms with E-state index >= 15 is 0 Å². The molecule has 0 heterocycles. The van der Waals surface area contributed by atoms with Crippen LogP contribution in [0.4, 0.5) is 4.39 Å². The smallest absolute Gasteiger partial charge is 0.127 e. The first-order chi connectivity index (χ1) is 5.11. The highest BCUT2D eigenvalue weighted by molar-refractivity contribution is 8.15.